The highest BCUT2D eigenvalue weighted by molar-refractivity contribution is 7.99. The lowest BCUT2D eigenvalue weighted by Gasteiger charge is -2.14. The minimum Gasteiger partial charge on any atom is -0.350 e. The lowest BCUT2D eigenvalue weighted by Crippen LogP contribution is -2.26. The van der Waals surface area contributed by atoms with Gasteiger partial charge in [0.25, 0.3) is 5.56 Å². The van der Waals surface area contributed by atoms with E-state index in [1.54, 1.807) is 32.2 Å². The molecule has 0 aliphatic rings. The fourth-order valence-corrected chi connectivity index (χ4v) is 4.59. The SMILES string of the molecule is Cc1nc(SCCCCC(=O)NC(C)c2ccccc2)n(C)c(=O)c1Cc1ccccc1F. The van der Waals surface area contributed by atoms with Gasteiger partial charge in [0.1, 0.15) is 5.82 Å². The molecule has 0 radical (unpaired) electrons. The Hall–Kier alpha value is -2.93. The number of aryl methyl sites for hydroxylation is 1. The fraction of sp³-hybridized carbons (Fsp3) is 0.346. The molecule has 1 aromatic heterocycles. The number of rotatable bonds is 10. The van der Waals surface area contributed by atoms with E-state index >= 15 is 0 Å². The van der Waals surface area contributed by atoms with E-state index in [2.05, 4.69) is 10.3 Å². The van der Waals surface area contributed by atoms with Gasteiger partial charge in [-0.1, -0.05) is 60.3 Å². The number of carbonyl (C=O) groups excluding carboxylic acids is 1. The van der Waals surface area contributed by atoms with Gasteiger partial charge in [-0.05, 0) is 43.9 Å². The van der Waals surface area contributed by atoms with Crippen LogP contribution in [0, 0.1) is 12.7 Å². The molecule has 3 rings (SSSR count). The summed E-state index contributed by atoms with van der Waals surface area (Å²) in [6.07, 6.45) is 2.28. The summed E-state index contributed by atoms with van der Waals surface area (Å²) in [7, 11) is 1.69. The Morgan fingerprint density at radius 3 is 2.55 bits per heavy atom. The molecule has 5 nitrogen and oxygen atoms in total. The molecule has 1 heterocycles. The summed E-state index contributed by atoms with van der Waals surface area (Å²) in [4.78, 5) is 29.7. The van der Waals surface area contributed by atoms with Crippen LogP contribution in [0.2, 0.25) is 0 Å². The van der Waals surface area contributed by atoms with Gasteiger partial charge in [0, 0.05) is 36.9 Å². The number of unbranched alkanes of at least 4 members (excludes halogenated alkanes) is 1. The summed E-state index contributed by atoms with van der Waals surface area (Å²) in [5, 5.41) is 3.66. The van der Waals surface area contributed by atoms with E-state index in [0.717, 1.165) is 24.2 Å². The molecule has 174 valence electrons. The highest BCUT2D eigenvalue weighted by Gasteiger charge is 2.15. The molecule has 1 unspecified atom stereocenters. The first-order chi connectivity index (χ1) is 15.9. The van der Waals surface area contributed by atoms with E-state index in [1.165, 1.54) is 22.4 Å². The van der Waals surface area contributed by atoms with Crippen molar-refractivity contribution >= 4 is 17.7 Å². The Bertz CT molecular complexity index is 1150. The van der Waals surface area contributed by atoms with Crippen molar-refractivity contribution in [3.63, 3.8) is 0 Å². The van der Waals surface area contributed by atoms with Crippen molar-refractivity contribution in [3.05, 3.63) is 93.2 Å². The highest BCUT2D eigenvalue weighted by Crippen LogP contribution is 2.19. The molecule has 7 heteroatoms. The topological polar surface area (TPSA) is 64.0 Å². The van der Waals surface area contributed by atoms with Crippen LogP contribution in [-0.2, 0) is 18.3 Å². The van der Waals surface area contributed by atoms with Crippen molar-refractivity contribution in [2.75, 3.05) is 5.75 Å². The molecule has 0 saturated carbocycles. The second kappa shape index (κ2) is 11.8. The zero-order chi connectivity index (χ0) is 23.8. The van der Waals surface area contributed by atoms with Crippen LogP contribution in [0.15, 0.2) is 64.5 Å². The van der Waals surface area contributed by atoms with Crippen LogP contribution in [0.3, 0.4) is 0 Å². The number of hydrogen-bond donors (Lipinski definition) is 1. The summed E-state index contributed by atoms with van der Waals surface area (Å²) in [5.41, 5.74) is 2.55. The van der Waals surface area contributed by atoms with E-state index in [9.17, 15) is 14.0 Å². The number of amides is 1. The van der Waals surface area contributed by atoms with Crippen LogP contribution in [0.25, 0.3) is 0 Å². The predicted octanol–water partition coefficient (Wildman–Crippen LogP) is 4.96. The standard InChI is InChI=1S/C26H30FN3O2S/c1-18(20-11-5-4-6-12-20)28-24(31)15-9-10-16-33-26-29-19(2)22(25(32)30(26)3)17-21-13-7-8-14-23(21)27/h4-8,11-14,18H,9-10,15-17H2,1-3H3,(H,28,31). The molecule has 1 atom stereocenters. The van der Waals surface area contributed by atoms with Crippen LogP contribution in [0.1, 0.15) is 54.6 Å². The third-order valence-electron chi connectivity index (χ3n) is 5.58. The number of hydrogen-bond acceptors (Lipinski definition) is 4. The van der Waals surface area contributed by atoms with E-state index in [1.807, 2.05) is 37.3 Å². The molecule has 3 aromatic rings. The quantitative estimate of drug-likeness (QED) is 0.260. The average molecular weight is 468 g/mol. The van der Waals surface area contributed by atoms with Crippen molar-refractivity contribution in [1.82, 2.24) is 14.9 Å². The summed E-state index contributed by atoms with van der Waals surface area (Å²) in [6.45, 7) is 3.77. The van der Waals surface area contributed by atoms with Gasteiger partial charge in [0.15, 0.2) is 5.16 Å². The maximum absolute atomic E-state index is 14.0. The van der Waals surface area contributed by atoms with Gasteiger partial charge in [-0.3, -0.25) is 14.2 Å². The van der Waals surface area contributed by atoms with Crippen molar-refractivity contribution in [2.45, 2.75) is 50.7 Å². The molecular weight excluding hydrogens is 437 g/mol. The molecule has 1 N–H and O–H groups in total. The first-order valence-corrected chi connectivity index (χ1v) is 12.1. The zero-order valence-electron chi connectivity index (χ0n) is 19.3. The Kier molecular flexibility index (Phi) is 8.83. The number of halogens is 1. The first-order valence-electron chi connectivity index (χ1n) is 11.1. The molecule has 0 aliphatic carbocycles. The Labute approximate surface area is 198 Å². The van der Waals surface area contributed by atoms with Gasteiger partial charge < -0.3 is 5.32 Å². The minimum atomic E-state index is -0.320. The molecule has 33 heavy (non-hydrogen) atoms. The molecule has 0 fully saturated rings. The number of nitrogens with one attached hydrogen (secondary N) is 1. The van der Waals surface area contributed by atoms with Crippen LogP contribution < -0.4 is 10.9 Å². The van der Waals surface area contributed by atoms with Crippen molar-refractivity contribution in [2.24, 2.45) is 7.05 Å². The molecule has 0 saturated heterocycles. The third-order valence-corrected chi connectivity index (χ3v) is 6.70. The Morgan fingerprint density at radius 2 is 1.82 bits per heavy atom. The number of nitrogens with zero attached hydrogens (tertiary/aromatic N) is 2. The van der Waals surface area contributed by atoms with E-state index < -0.39 is 0 Å². The normalized spacial score (nSPS) is 11.9. The van der Waals surface area contributed by atoms with Crippen LogP contribution in [-0.4, -0.2) is 21.2 Å². The average Bonchev–Trinajstić information content (AvgIpc) is 2.81. The summed E-state index contributed by atoms with van der Waals surface area (Å²) in [5.74, 6) is 0.475. The molecule has 1 amide bonds. The monoisotopic (exact) mass is 467 g/mol. The van der Waals surface area contributed by atoms with Gasteiger partial charge in [-0.15, -0.1) is 0 Å². The number of aromatic nitrogens is 2. The van der Waals surface area contributed by atoms with Crippen LogP contribution in [0.4, 0.5) is 4.39 Å². The van der Waals surface area contributed by atoms with Gasteiger partial charge in [-0.2, -0.15) is 0 Å². The van der Waals surface area contributed by atoms with Crippen LogP contribution >= 0.6 is 11.8 Å². The summed E-state index contributed by atoms with van der Waals surface area (Å²) < 4.78 is 15.5. The zero-order valence-corrected chi connectivity index (χ0v) is 20.1. The van der Waals surface area contributed by atoms with Crippen LogP contribution in [0.5, 0.6) is 0 Å². The summed E-state index contributed by atoms with van der Waals surface area (Å²) >= 11 is 1.50. The number of benzene rings is 2. The lowest BCUT2D eigenvalue weighted by atomic mass is 10.0. The maximum Gasteiger partial charge on any atom is 0.257 e. The van der Waals surface area contributed by atoms with Gasteiger partial charge >= 0.3 is 0 Å². The molecular formula is C26H30FN3O2S. The molecule has 0 aliphatic heterocycles. The lowest BCUT2D eigenvalue weighted by molar-refractivity contribution is -0.121. The van der Waals surface area contributed by atoms with Crippen molar-refractivity contribution < 1.29 is 9.18 Å². The smallest absolute Gasteiger partial charge is 0.257 e. The Balaban J connectivity index is 1.49. The van der Waals surface area contributed by atoms with Gasteiger partial charge in [0.05, 0.1) is 6.04 Å². The second-order valence-electron chi connectivity index (χ2n) is 8.10. The minimum absolute atomic E-state index is 0.0161. The predicted molar refractivity (Wildman–Crippen MR) is 131 cm³/mol. The van der Waals surface area contributed by atoms with Gasteiger partial charge in [0.2, 0.25) is 5.91 Å². The maximum atomic E-state index is 14.0. The van der Waals surface area contributed by atoms with Crippen molar-refractivity contribution in [3.8, 4) is 0 Å². The largest absolute Gasteiger partial charge is 0.350 e. The highest BCUT2D eigenvalue weighted by atomic mass is 32.2. The Morgan fingerprint density at radius 1 is 1.12 bits per heavy atom. The van der Waals surface area contributed by atoms with E-state index in [0.29, 0.717) is 28.4 Å². The van der Waals surface area contributed by atoms with E-state index in [-0.39, 0.29) is 29.7 Å². The van der Waals surface area contributed by atoms with E-state index in [4.69, 9.17) is 0 Å². The van der Waals surface area contributed by atoms with Crippen molar-refractivity contribution in [1.29, 1.82) is 0 Å². The number of thioether (sulfide) groups is 1. The number of carbonyl (C=O) groups is 1. The summed E-state index contributed by atoms with van der Waals surface area (Å²) in [6, 6.07) is 16.4. The second-order valence-corrected chi connectivity index (χ2v) is 9.16. The first kappa shape index (κ1) is 24.7. The molecule has 2 aromatic carbocycles. The van der Waals surface area contributed by atoms with Gasteiger partial charge in [-0.25, -0.2) is 9.37 Å². The third kappa shape index (κ3) is 6.78. The molecule has 0 bridgehead atoms. The molecule has 0 spiro atoms. The fourth-order valence-electron chi connectivity index (χ4n) is 3.58.